The predicted octanol–water partition coefficient (Wildman–Crippen LogP) is 3.48. The lowest BCUT2D eigenvalue weighted by Crippen LogP contribution is -2.15. The zero-order valence-corrected chi connectivity index (χ0v) is 11.3. The number of rotatable bonds is 2. The van der Waals surface area contributed by atoms with Crippen LogP contribution in [0.1, 0.15) is 16.1 Å². The molecule has 0 aliphatic rings. The largest absolute Gasteiger partial charge is 0.290 e. The van der Waals surface area contributed by atoms with Crippen molar-refractivity contribution in [2.75, 3.05) is 5.32 Å². The number of halogens is 3. The van der Waals surface area contributed by atoms with Gasteiger partial charge in [0.05, 0.1) is 10.6 Å². The minimum absolute atomic E-state index is 0.0104. The van der Waals surface area contributed by atoms with Crippen LogP contribution in [0.4, 0.5) is 10.3 Å². The molecule has 0 atom stereocenters. The fraction of sp³-hybridized carbons (Fsp3) is 0.0833. The summed E-state index contributed by atoms with van der Waals surface area (Å²) >= 11 is 11.5. The van der Waals surface area contributed by atoms with Crippen molar-refractivity contribution in [3.05, 3.63) is 51.5 Å². The molecule has 0 spiro atoms. The van der Waals surface area contributed by atoms with Gasteiger partial charge in [0.15, 0.2) is 0 Å². The second kappa shape index (κ2) is 5.50. The monoisotopic (exact) mass is 299 g/mol. The zero-order valence-electron chi connectivity index (χ0n) is 9.75. The van der Waals surface area contributed by atoms with E-state index in [4.69, 9.17) is 23.2 Å². The summed E-state index contributed by atoms with van der Waals surface area (Å²) in [4.78, 5) is 19.8. The molecule has 1 aromatic carbocycles. The van der Waals surface area contributed by atoms with Crippen molar-refractivity contribution < 1.29 is 9.18 Å². The molecule has 1 N–H and O–H groups in total. The van der Waals surface area contributed by atoms with Crippen LogP contribution in [0, 0.1) is 12.7 Å². The maximum atomic E-state index is 12.9. The average molecular weight is 300 g/mol. The van der Waals surface area contributed by atoms with Crippen LogP contribution >= 0.6 is 23.2 Å². The summed E-state index contributed by atoms with van der Waals surface area (Å²) in [5, 5.41) is 2.67. The van der Waals surface area contributed by atoms with Gasteiger partial charge in [-0.1, -0.05) is 23.2 Å². The van der Waals surface area contributed by atoms with Crippen LogP contribution in [-0.4, -0.2) is 15.9 Å². The molecule has 0 bridgehead atoms. The van der Waals surface area contributed by atoms with Gasteiger partial charge in [-0.2, -0.15) is 0 Å². The molecule has 1 amide bonds. The average Bonchev–Trinajstić information content (AvgIpc) is 2.26. The number of nitrogens with zero attached hydrogens (tertiary/aromatic N) is 2. The molecule has 0 saturated carbocycles. The number of hydrogen-bond donors (Lipinski definition) is 1. The normalized spacial score (nSPS) is 10.3. The first kappa shape index (κ1) is 13.7. The molecule has 0 radical (unpaired) electrons. The van der Waals surface area contributed by atoms with Crippen LogP contribution in [0.2, 0.25) is 10.2 Å². The van der Waals surface area contributed by atoms with Gasteiger partial charge in [0, 0.05) is 5.69 Å². The number of anilines is 1. The third-order valence-corrected chi connectivity index (χ3v) is 2.73. The van der Waals surface area contributed by atoms with Gasteiger partial charge in [-0.05, 0) is 31.2 Å². The third kappa shape index (κ3) is 3.39. The Kier molecular flexibility index (Phi) is 3.97. The Morgan fingerprint density at radius 2 is 2.00 bits per heavy atom. The summed E-state index contributed by atoms with van der Waals surface area (Å²) < 4.78 is 12.9. The molecule has 0 fully saturated rings. The second-order valence-corrected chi connectivity index (χ2v) is 4.53. The molecular formula is C12H8Cl2FN3O. The fourth-order valence-electron chi connectivity index (χ4n) is 1.43. The first-order valence-corrected chi connectivity index (χ1v) is 5.99. The van der Waals surface area contributed by atoms with Crippen LogP contribution in [0.25, 0.3) is 0 Å². The zero-order chi connectivity index (χ0) is 14.0. The first-order chi connectivity index (χ1) is 8.95. The van der Waals surface area contributed by atoms with E-state index in [1.807, 2.05) is 0 Å². The molecule has 2 rings (SSSR count). The quantitative estimate of drug-likeness (QED) is 0.864. The molecule has 0 aliphatic carbocycles. The van der Waals surface area contributed by atoms with E-state index in [1.54, 1.807) is 13.0 Å². The van der Waals surface area contributed by atoms with Crippen molar-refractivity contribution in [1.82, 2.24) is 9.97 Å². The Bertz CT molecular complexity index is 629. The molecule has 0 saturated heterocycles. The van der Waals surface area contributed by atoms with E-state index in [-0.39, 0.29) is 21.7 Å². The molecule has 7 heteroatoms. The molecule has 2 aromatic rings. The van der Waals surface area contributed by atoms with Gasteiger partial charge in [-0.3, -0.25) is 10.1 Å². The van der Waals surface area contributed by atoms with E-state index in [2.05, 4.69) is 15.3 Å². The van der Waals surface area contributed by atoms with Crippen molar-refractivity contribution in [3.8, 4) is 0 Å². The number of carbonyl (C=O) groups excluding carboxylic acids is 1. The van der Waals surface area contributed by atoms with E-state index in [0.717, 1.165) is 12.1 Å². The van der Waals surface area contributed by atoms with Crippen LogP contribution in [0.3, 0.4) is 0 Å². The lowest BCUT2D eigenvalue weighted by Gasteiger charge is -2.06. The predicted molar refractivity (Wildman–Crippen MR) is 71.1 cm³/mol. The van der Waals surface area contributed by atoms with Crippen LogP contribution < -0.4 is 5.32 Å². The Balaban J connectivity index is 2.25. The van der Waals surface area contributed by atoms with Crippen molar-refractivity contribution in [2.45, 2.75) is 6.92 Å². The van der Waals surface area contributed by atoms with Gasteiger partial charge in [-0.25, -0.2) is 14.4 Å². The van der Waals surface area contributed by atoms with E-state index in [0.29, 0.717) is 5.69 Å². The third-order valence-electron chi connectivity index (χ3n) is 2.22. The van der Waals surface area contributed by atoms with Crippen LogP contribution in [-0.2, 0) is 0 Å². The van der Waals surface area contributed by atoms with Crippen LogP contribution in [0.5, 0.6) is 0 Å². The minimum Gasteiger partial charge on any atom is -0.290 e. The highest BCUT2D eigenvalue weighted by atomic mass is 35.5. The Morgan fingerprint density at radius 3 is 2.63 bits per heavy atom. The van der Waals surface area contributed by atoms with Crippen molar-refractivity contribution in [2.24, 2.45) is 0 Å². The Morgan fingerprint density at radius 1 is 1.26 bits per heavy atom. The van der Waals surface area contributed by atoms with E-state index < -0.39 is 11.7 Å². The summed E-state index contributed by atoms with van der Waals surface area (Å²) in [7, 11) is 0. The molecule has 0 unspecified atom stereocenters. The van der Waals surface area contributed by atoms with E-state index >= 15 is 0 Å². The first-order valence-electron chi connectivity index (χ1n) is 5.23. The smallest absolute Gasteiger partial charge is 0.259 e. The summed E-state index contributed by atoms with van der Waals surface area (Å²) in [6.45, 7) is 1.72. The number of benzene rings is 1. The molecule has 1 aromatic heterocycles. The number of aryl methyl sites for hydroxylation is 1. The van der Waals surface area contributed by atoms with Gasteiger partial charge < -0.3 is 0 Å². The van der Waals surface area contributed by atoms with E-state index in [1.165, 1.54) is 6.07 Å². The number of hydrogen-bond acceptors (Lipinski definition) is 3. The molecular weight excluding hydrogens is 292 g/mol. The SMILES string of the molecule is Cc1cc(Cl)nc(NC(=O)c2ccc(F)cc2Cl)n1. The van der Waals surface area contributed by atoms with Gasteiger partial charge in [-0.15, -0.1) is 0 Å². The van der Waals surface area contributed by atoms with Crippen molar-refractivity contribution >= 4 is 35.1 Å². The summed E-state index contributed by atoms with van der Waals surface area (Å²) in [6.07, 6.45) is 0. The number of aromatic nitrogens is 2. The second-order valence-electron chi connectivity index (χ2n) is 3.73. The van der Waals surface area contributed by atoms with Gasteiger partial charge >= 0.3 is 0 Å². The standard InChI is InChI=1S/C12H8Cl2FN3O/c1-6-4-10(14)17-12(16-6)18-11(19)8-3-2-7(15)5-9(8)13/h2-5H,1H3,(H,16,17,18,19). The van der Waals surface area contributed by atoms with Gasteiger partial charge in [0.25, 0.3) is 5.91 Å². The Labute approximate surface area is 118 Å². The summed E-state index contributed by atoms with van der Waals surface area (Å²) in [5.41, 5.74) is 0.741. The summed E-state index contributed by atoms with van der Waals surface area (Å²) in [6, 6.07) is 5.04. The Hall–Kier alpha value is -1.72. The van der Waals surface area contributed by atoms with E-state index in [9.17, 15) is 9.18 Å². The minimum atomic E-state index is -0.535. The van der Waals surface area contributed by atoms with Gasteiger partial charge in [0.1, 0.15) is 11.0 Å². The highest BCUT2D eigenvalue weighted by Gasteiger charge is 2.13. The molecule has 98 valence electrons. The van der Waals surface area contributed by atoms with Gasteiger partial charge in [0.2, 0.25) is 5.95 Å². The molecule has 0 aliphatic heterocycles. The summed E-state index contributed by atoms with van der Waals surface area (Å²) in [5.74, 6) is -0.988. The molecule has 1 heterocycles. The molecule has 4 nitrogen and oxygen atoms in total. The fourth-order valence-corrected chi connectivity index (χ4v) is 1.92. The lowest BCUT2D eigenvalue weighted by molar-refractivity contribution is 0.102. The topological polar surface area (TPSA) is 54.9 Å². The lowest BCUT2D eigenvalue weighted by atomic mass is 10.2. The number of carbonyl (C=O) groups is 1. The number of amides is 1. The van der Waals surface area contributed by atoms with Crippen molar-refractivity contribution in [3.63, 3.8) is 0 Å². The maximum absolute atomic E-state index is 12.9. The number of nitrogens with one attached hydrogen (secondary N) is 1. The maximum Gasteiger partial charge on any atom is 0.259 e. The van der Waals surface area contributed by atoms with Crippen molar-refractivity contribution in [1.29, 1.82) is 0 Å². The van der Waals surface area contributed by atoms with Crippen LogP contribution in [0.15, 0.2) is 24.3 Å². The highest BCUT2D eigenvalue weighted by Crippen LogP contribution is 2.18. The molecule has 19 heavy (non-hydrogen) atoms. The highest BCUT2D eigenvalue weighted by molar-refractivity contribution is 6.34.